The van der Waals surface area contributed by atoms with Gasteiger partial charge in [0.25, 0.3) is 0 Å². The third-order valence-corrected chi connectivity index (χ3v) is 4.69. The Kier molecular flexibility index (Phi) is 4.88. The van der Waals surface area contributed by atoms with E-state index in [1.165, 1.54) is 0 Å². The molecule has 1 saturated heterocycles. The van der Waals surface area contributed by atoms with Gasteiger partial charge in [-0.1, -0.05) is 18.2 Å². The van der Waals surface area contributed by atoms with E-state index in [1.54, 1.807) is 0 Å². The molecule has 0 radical (unpaired) electrons. The number of hydrogen-bond acceptors (Lipinski definition) is 5. The number of morpholine rings is 1. The SMILES string of the molecule is Cc1ccc(C(CNCc2cc3ccccc3o2)N2CCOCC2)o1. The Hall–Kier alpha value is -2.08. The van der Waals surface area contributed by atoms with Crippen LogP contribution in [0.5, 0.6) is 0 Å². The zero-order valence-electron chi connectivity index (χ0n) is 14.5. The molecule has 132 valence electrons. The van der Waals surface area contributed by atoms with Gasteiger partial charge in [-0.2, -0.15) is 0 Å². The normalized spacial score (nSPS) is 17.2. The molecule has 0 bridgehead atoms. The lowest BCUT2D eigenvalue weighted by Gasteiger charge is -2.33. The summed E-state index contributed by atoms with van der Waals surface area (Å²) < 4.78 is 17.3. The highest BCUT2D eigenvalue weighted by Crippen LogP contribution is 2.24. The van der Waals surface area contributed by atoms with E-state index in [0.717, 1.165) is 61.1 Å². The van der Waals surface area contributed by atoms with Crippen LogP contribution < -0.4 is 5.32 Å². The van der Waals surface area contributed by atoms with Crippen LogP contribution in [-0.2, 0) is 11.3 Å². The first-order valence-electron chi connectivity index (χ1n) is 8.86. The summed E-state index contributed by atoms with van der Waals surface area (Å²) in [6.45, 7) is 6.91. The Morgan fingerprint density at radius 3 is 2.68 bits per heavy atom. The first kappa shape index (κ1) is 16.4. The van der Waals surface area contributed by atoms with E-state index in [1.807, 2.05) is 31.2 Å². The zero-order valence-corrected chi connectivity index (χ0v) is 14.5. The monoisotopic (exact) mass is 340 g/mol. The summed E-state index contributed by atoms with van der Waals surface area (Å²) in [4.78, 5) is 2.42. The number of nitrogens with one attached hydrogen (secondary N) is 1. The lowest BCUT2D eigenvalue weighted by atomic mass is 10.1. The summed E-state index contributed by atoms with van der Waals surface area (Å²) in [7, 11) is 0. The number of furan rings is 2. The Morgan fingerprint density at radius 1 is 1.08 bits per heavy atom. The van der Waals surface area contributed by atoms with E-state index in [4.69, 9.17) is 13.6 Å². The fourth-order valence-electron chi connectivity index (χ4n) is 3.39. The van der Waals surface area contributed by atoms with E-state index in [-0.39, 0.29) is 6.04 Å². The van der Waals surface area contributed by atoms with Crippen LogP contribution in [0.3, 0.4) is 0 Å². The zero-order chi connectivity index (χ0) is 17.1. The highest BCUT2D eigenvalue weighted by Gasteiger charge is 2.24. The molecule has 1 unspecified atom stereocenters. The largest absolute Gasteiger partial charge is 0.465 e. The van der Waals surface area contributed by atoms with Gasteiger partial charge in [-0.15, -0.1) is 0 Å². The smallest absolute Gasteiger partial charge is 0.134 e. The van der Waals surface area contributed by atoms with Gasteiger partial charge in [0.15, 0.2) is 0 Å². The van der Waals surface area contributed by atoms with Crippen molar-refractivity contribution in [2.75, 3.05) is 32.8 Å². The molecule has 5 nitrogen and oxygen atoms in total. The molecule has 4 rings (SSSR count). The van der Waals surface area contributed by atoms with Crippen LogP contribution in [-0.4, -0.2) is 37.7 Å². The number of para-hydroxylation sites is 1. The first-order valence-corrected chi connectivity index (χ1v) is 8.86. The number of ether oxygens (including phenoxy) is 1. The molecular weight excluding hydrogens is 316 g/mol. The summed E-state index contributed by atoms with van der Waals surface area (Å²) >= 11 is 0. The van der Waals surface area contributed by atoms with Gasteiger partial charge < -0.3 is 18.9 Å². The molecule has 3 heterocycles. The number of fused-ring (bicyclic) bond motifs is 1. The van der Waals surface area contributed by atoms with Crippen LogP contribution in [0.25, 0.3) is 11.0 Å². The minimum absolute atomic E-state index is 0.210. The molecule has 1 fully saturated rings. The van der Waals surface area contributed by atoms with E-state index in [9.17, 15) is 0 Å². The fourth-order valence-corrected chi connectivity index (χ4v) is 3.39. The molecule has 1 aliphatic heterocycles. The molecule has 0 saturated carbocycles. The summed E-state index contributed by atoms with van der Waals surface area (Å²) in [5.41, 5.74) is 0.936. The average molecular weight is 340 g/mol. The van der Waals surface area contributed by atoms with Crippen LogP contribution in [0, 0.1) is 6.92 Å². The van der Waals surface area contributed by atoms with Gasteiger partial charge in [0, 0.05) is 25.0 Å². The first-order chi connectivity index (χ1) is 12.3. The lowest BCUT2D eigenvalue weighted by molar-refractivity contribution is 0.0114. The van der Waals surface area contributed by atoms with E-state index < -0.39 is 0 Å². The molecule has 3 aromatic rings. The number of aryl methyl sites for hydroxylation is 1. The minimum atomic E-state index is 0.210. The summed E-state index contributed by atoms with van der Waals surface area (Å²) in [6, 6.07) is 14.5. The van der Waals surface area contributed by atoms with Crippen LogP contribution in [0.4, 0.5) is 0 Å². The van der Waals surface area contributed by atoms with E-state index in [2.05, 4.69) is 28.4 Å². The van der Waals surface area contributed by atoms with Crippen molar-refractivity contribution in [1.29, 1.82) is 0 Å². The van der Waals surface area contributed by atoms with Gasteiger partial charge in [0.05, 0.1) is 25.8 Å². The van der Waals surface area contributed by atoms with Crippen molar-refractivity contribution in [2.24, 2.45) is 0 Å². The molecule has 1 aromatic carbocycles. The van der Waals surface area contributed by atoms with Crippen LogP contribution >= 0.6 is 0 Å². The van der Waals surface area contributed by atoms with E-state index >= 15 is 0 Å². The second-order valence-corrected chi connectivity index (χ2v) is 6.49. The Balaban J connectivity index is 1.43. The molecule has 5 heteroatoms. The second kappa shape index (κ2) is 7.44. The molecule has 0 spiro atoms. The summed E-state index contributed by atoms with van der Waals surface area (Å²) in [6.07, 6.45) is 0. The Labute approximate surface area is 147 Å². The number of hydrogen-bond donors (Lipinski definition) is 1. The average Bonchev–Trinajstić information content (AvgIpc) is 3.25. The summed E-state index contributed by atoms with van der Waals surface area (Å²) in [5.74, 6) is 2.92. The molecule has 25 heavy (non-hydrogen) atoms. The van der Waals surface area contributed by atoms with Gasteiger partial charge in [0.1, 0.15) is 22.9 Å². The lowest BCUT2D eigenvalue weighted by Crippen LogP contribution is -2.42. The Morgan fingerprint density at radius 2 is 1.92 bits per heavy atom. The standard InChI is InChI=1S/C20H24N2O3/c1-15-6-7-20(24-15)18(22-8-10-23-11-9-22)14-21-13-17-12-16-4-2-3-5-19(16)25-17/h2-7,12,18,21H,8-11,13-14H2,1H3. The topological polar surface area (TPSA) is 50.8 Å². The predicted octanol–water partition coefficient (Wildman–Crippen LogP) is 3.50. The van der Waals surface area contributed by atoms with Crippen LogP contribution in [0.15, 0.2) is 51.3 Å². The van der Waals surface area contributed by atoms with Crippen molar-refractivity contribution in [3.05, 3.63) is 59.7 Å². The highest BCUT2D eigenvalue weighted by molar-refractivity contribution is 5.77. The third-order valence-electron chi connectivity index (χ3n) is 4.69. The van der Waals surface area contributed by atoms with Crippen LogP contribution in [0.1, 0.15) is 23.3 Å². The second-order valence-electron chi connectivity index (χ2n) is 6.49. The van der Waals surface area contributed by atoms with Crippen molar-refractivity contribution in [3.63, 3.8) is 0 Å². The maximum atomic E-state index is 5.90. The minimum Gasteiger partial charge on any atom is -0.465 e. The van der Waals surface area contributed by atoms with E-state index in [0.29, 0.717) is 6.54 Å². The highest BCUT2D eigenvalue weighted by atomic mass is 16.5. The van der Waals surface area contributed by atoms with Gasteiger partial charge in [-0.3, -0.25) is 4.90 Å². The van der Waals surface area contributed by atoms with Crippen LogP contribution in [0.2, 0.25) is 0 Å². The fraction of sp³-hybridized carbons (Fsp3) is 0.400. The third kappa shape index (κ3) is 3.79. The molecule has 1 aliphatic rings. The number of benzene rings is 1. The Bertz CT molecular complexity index is 784. The maximum Gasteiger partial charge on any atom is 0.134 e. The van der Waals surface area contributed by atoms with Crippen molar-refractivity contribution >= 4 is 11.0 Å². The van der Waals surface area contributed by atoms with Gasteiger partial charge in [-0.05, 0) is 31.2 Å². The molecule has 2 aromatic heterocycles. The van der Waals surface area contributed by atoms with Crippen molar-refractivity contribution in [3.8, 4) is 0 Å². The van der Waals surface area contributed by atoms with Gasteiger partial charge in [0.2, 0.25) is 0 Å². The van der Waals surface area contributed by atoms with Crippen molar-refractivity contribution < 1.29 is 13.6 Å². The molecule has 1 atom stereocenters. The van der Waals surface area contributed by atoms with Gasteiger partial charge >= 0.3 is 0 Å². The summed E-state index contributed by atoms with van der Waals surface area (Å²) in [5, 5.41) is 4.68. The van der Waals surface area contributed by atoms with Crippen molar-refractivity contribution in [1.82, 2.24) is 10.2 Å². The number of nitrogens with zero attached hydrogens (tertiary/aromatic N) is 1. The molecule has 0 aliphatic carbocycles. The molecule has 1 N–H and O–H groups in total. The maximum absolute atomic E-state index is 5.90. The predicted molar refractivity (Wildman–Crippen MR) is 96.5 cm³/mol. The quantitative estimate of drug-likeness (QED) is 0.744. The molecular formula is C20H24N2O3. The molecule has 0 amide bonds. The van der Waals surface area contributed by atoms with Crippen molar-refractivity contribution in [2.45, 2.75) is 19.5 Å². The van der Waals surface area contributed by atoms with Gasteiger partial charge in [-0.25, -0.2) is 0 Å². The number of rotatable bonds is 6.